The van der Waals surface area contributed by atoms with Gasteiger partial charge in [0.1, 0.15) is 0 Å². The molecular weight excluding hydrogens is 168 g/mol. The van der Waals surface area contributed by atoms with Crippen molar-refractivity contribution in [2.45, 2.75) is 0 Å². The average Bonchev–Trinajstić information content (AvgIpc) is 2.58. The molecule has 4 heteroatoms. The Bertz CT molecular complexity index is 420. The Morgan fingerprint density at radius 2 is 2.08 bits per heavy atom. The van der Waals surface area contributed by atoms with Crippen LogP contribution in [0.3, 0.4) is 0 Å². The number of aromatic amines is 1. The molecular formula is C9H10N2O2. The molecule has 68 valence electrons. The second-order valence-electron chi connectivity index (χ2n) is 2.62. The van der Waals surface area contributed by atoms with Gasteiger partial charge in [-0.2, -0.15) is 0 Å². The number of nitrogens with zero attached hydrogens (tertiary/aromatic N) is 1. The standard InChI is InChI=1S/C9H10N2O2/c1-12-8-4-3-6-7(11-8)5-9(10-6)13-2/h3-5,10H,1-2H3. The second-order valence-corrected chi connectivity index (χ2v) is 2.62. The molecule has 4 nitrogen and oxygen atoms in total. The molecule has 0 bridgehead atoms. The lowest BCUT2D eigenvalue weighted by molar-refractivity contribution is 0.399. The Balaban J connectivity index is 2.57. The third-order valence-electron chi connectivity index (χ3n) is 1.85. The van der Waals surface area contributed by atoms with Crippen molar-refractivity contribution in [1.29, 1.82) is 0 Å². The van der Waals surface area contributed by atoms with Crippen LogP contribution in [0.4, 0.5) is 0 Å². The van der Waals surface area contributed by atoms with Crippen molar-refractivity contribution in [2.75, 3.05) is 14.2 Å². The van der Waals surface area contributed by atoms with Gasteiger partial charge in [0.2, 0.25) is 5.88 Å². The molecule has 0 atom stereocenters. The molecule has 0 amide bonds. The maximum Gasteiger partial charge on any atom is 0.213 e. The minimum atomic E-state index is 0.606. The van der Waals surface area contributed by atoms with Crippen molar-refractivity contribution in [3.63, 3.8) is 0 Å². The van der Waals surface area contributed by atoms with E-state index in [9.17, 15) is 0 Å². The molecule has 2 rings (SSSR count). The molecule has 2 heterocycles. The summed E-state index contributed by atoms with van der Waals surface area (Å²) in [6.07, 6.45) is 0. The fourth-order valence-electron chi connectivity index (χ4n) is 1.19. The Labute approximate surface area is 75.5 Å². The van der Waals surface area contributed by atoms with Gasteiger partial charge in [0.25, 0.3) is 0 Å². The van der Waals surface area contributed by atoms with Gasteiger partial charge in [-0.15, -0.1) is 0 Å². The summed E-state index contributed by atoms with van der Waals surface area (Å²) in [5, 5.41) is 0. The van der Waals surface area contributed by atoms with E-state index in [4.69, 9.17) is 9.47 Å². The van der Waals surface area contributed by atoms with Gasteiger partial charge in [-0.1, -0.05) is 0 Å². The first-order chi connectivity index (χ1) is 6.33. The highest BCUT2D eigenvalue weighted by molar-refractivity contribution is 5.77. The quantitative estimate of drug-likeness (QED) is 0.759. The topological polar surface area (TPSA) is 47.1 Å². The fourth-order valence-corrected chi connectivity index (χ4v) is 1.19. The Morgan fingerprint density at radius 3 is 2.77 bits per heavy atom. The van der Waals surface area contributed by atoms with E-state index in [-0.39, 0.29) is 0 Å². The van der Waals surface area contributed by atoms with Gasteiger partial charge in [-0.05, 0) is 6.07 Å². The summed E-state index contributed by atoms with van der Waals surface area (Å²) in [6, 6.07) is 5.54. The lowest BCUT2D eigenvalue weighted by Crippen LogP contribution is -1.85. The van der Waals surface area contributed by atoms with Crippen molar-refractivity contribution >= 4 is 11.0 Å². The lowest BCUT2D eigenvalue weighted by Gasteiger charge is -1.95. The fraction of sp³-hybridized carbons (Fsp3) is 0.222. The second kappa shape index (κ2) is 2.97. The first-order valence-electron chi connectivity index (χ1n) is 3.91. The van der Waals surface area contributed by atoms with E-state index in [2.05, 4.69) is 9.97 Å². The van der Waals surface area contributed by atoms with Crippen LogP contribution in [0.1, 0.15) is 0 Å². The maximum atomic E-state index is 5.04. The highest BCUT2D eigenvalue weighted by Gasteiger charge is 2.02. The van der Waals surface area contributed by atoms with Gasteiger partial charge in [0, 0.05) is 12.1 Å². The van der Waals surface area contributed by atoms with Gasteiger partial charge in [0.05, 0.1) is 25.3 Å². The monoisotopic (exact) mass is 178 g/mol. The molecule has 0 saturated heterocycles. The number of nitrogens with one attached hydrogen (secondary N) is 1. The zero-order chi connectivity index (χ0) is 9.26. The van der Waals surface area contributed by atoms with Crippen molar-refractivity contribution in [1.82, 2.24) is 9.97 Å². The normalized spacial score (nSPS) is 10.3. The summed E-state index contributed by atoms with van der Waals surface area (Å²) in [4.78, 5) is 7.29. The summed E-state index contributed by atoms with van der Waals surface area (Å²) in [6.45, 7) is 0. The molecule has 2 aromatic rings. The van der Waals surface area contributed by atoms with Crippen molar-refractivity contribution in [2.24, 2.45) is 0 Å². The van der Waals surface area contributed by atoms with Gasteiger partial charge in [0.15, 0.2) is 5.88 Å². The number of hydrogen-bond acceptors (Lipinski definition) is 3. The van der Waals surface area contributed by atoms with Crippen LogP contribution in [-0.4, -0.2) is 24.2 Å². The molecule has 2 aromatic heterocycles. The third-order valence-corrected chi connectivity index (χ3v) is 1.85. The SMILES string of the molecule is COc1ccc2[nH]c(OC)cc2n1. The summed E-state index contributed by atoms with van der Waals surface area (Å²) in [5.74, 6) is 1.31. The number of H-pyrrole nitrogens is 1. The van der Waals surface area contributed by atoms with E-state index in [1.54, 1.807) is 20.3 Å². The zero-order valence-electron chi connectivity index (χ0n) is 7.50. The van der Waals surface area contributed by atoms with E-state index in [0.717, 1.165) is 11.0 Å². The molecule has 0 saturated carbocycles. The van der Waals surface area contributed by atoms with E-state index < -0.39 is 0 Å². The molecule has 0 aliphatic rings. The molecule has 0 radical (unpaired) electrons. The van der Waals surface area contributed by atoms with Crippen molar-refractivity contribution < 1.29 is 9.47 Å². The van der Waals surface area contributed by atoms with Crippen LogP contribution >= 0.6 is 0 Å². The summed E-state index contributed by atoms with van der Waals surface area (Å²) < 4.78 is 10.0. The van der Waals surface area contributed by atoms with Gasteiger partial charge < -0.3 is 14.5 Å². The van der Waals surface area contributed by atoms with E-state index >= 15 is 0 Å². The summed E-state index contributed by atoms with van der Waals surface area (Å²) in [5.41, 5.74) is 1.79. The van der Waals surface area contributed by atoms with Crippen molar-refractivity contribution in [3.8, 4) is 11.8 Å². The van der Waals surface area contributed by atoms with Crippen LogP contribution in [0.5, 0.6) is 11.8 Å². The number of aromatic nitrogens is 2. The van der Waals surface area contributed by atoms with Crippen molar-refractivity contribution in [3.05, 3.63) is 18.2 Å². The molecule has 1 N–H and O–H groups in total. The van der Waals surface area contributed by atoms with Crippen LogP contribution in [0.2, 0.25) is 0 Å². The maximum absolute atomic E-state index is 5.04. The van der Waals surface area contributed by atoms with E-state index in [0.29, 0.717) is 11.8 Å². The highest BCUT2D eigenvalue weighted by Crippen LogP contribution is 2.20. The largest absolute Gasteiger partial charge is 0.482 e. The number of hydrogen-bond donors (Lipinski definition) is 1. The van der Waals surface area contributed by atoms with E-state index in [1.165, 1.54) is 0 Å². The predicted molar refractivity (Wildman–Crippen MR) is 49.2 cm³/mol. The van der Waals surface area contributed by atoms with Crippen LogP contribution in [0.25, 0.3) is 11.0 Å². The Hall–Kier alpha value is -1.71. The number of rotatable bonds is 2. The lowest BCUT2D eigenvalue weighted by atomic mass is 10.4. The molecule has 0 aliphatic heterocycles. The smallest absolute Gasteiger partial charge is 0.213 e. The molecule has 0 fully saturated rings. The van der Waals surface area contributed by atoms with Crippen LogP contribution in [0.15, 0.2) is 18.2 Å². The first-order valence-corrected chi connectivity index (χ1v) is 3.91. The molecule has 0 aromatic carbocycles. The van der Waals surface area contributed by atoms with Crippen LogP contribution in [-0.2, 0) is 0 Å². The highest BCUT2D eigenvalue weighted by atomic mass is 16.5. The third kappa shape index (κ3) is 1.30. The first kappa shape index (κ1) is 7.91. The average molecular weight is 178 g/mol. The van der Waals surface area contributed by atoms with E-state index in [1.807, 2.05) is 12.1 Å². The molecule has 0 aliphatic carbocycles. The molecule has 0 unspecified atom stereocenters. The number of methoxy groups -OCH3 is 2. The minimum Gasteiger partial charge on any atom is -0.482 e. The Kier molecular flexibility index (Phi) is 1.81. The predicted octanol–water partition coefficient (Wildman–Crippen LogP) is 1.58. The summed E-state index contributed by atoms with van der Waals surface area (Å²) in [7, 11) is 3.21. The number of pyridine rings is 1. The van der Waals surface area contributed by atoms with Crippen LogP contribution < -0.4 is 9.47 Å². The van der Waals surface area contributed by atoms with Gasteiger partial charge in [-0.3, -0.25) is 0 Å². The van der Waals surface area contributed by atoms with Gasteiger partial charge in [-0.25, -0.2) is 4.98 Å². The number of ether oxygens (including phenoxy) is 2. The van der Waals surface area contributed by atoms with Crippen LogP contribution in [0, 0.1) is 0 Å². The molecule has 0 spiro atoms. The van der Waals surface area contributed by atoms with Gasteiger partial charge >= 0.3 is 0 Å². The summed E-state index contributed by atoms with van der Waals surface area (Å²) >= 11 is 0. The zero-order valence-corrected chi connectivity index (χ0v) is 7.50. The minimum absolute atomic E-state index is 0.606. The number of fused-ring (bicyclic) bond motifs is 1. The molecule has 13 heavy (non-hydrogen) atoms. The Morgan fingerprint density at radius 1 is 1.23 bits per heavy atom.